The van der Waals surface area contributed by atoms with E-state index in [1.165, 1.54) is 37.2 Å². The SMILES string of the molecule is Cc1ccc(C[C@H]2CCCN(Cc3cscn3)C2)cn1. The molecular weight excluding hydrogens is 266 g/mol. The second-order valence-electron chi connectivity index (χ2n) is 5.74. The molecule has 4 heteroatoms. The highest BCUT2D eigenvalue weighted by Crippen LogP contribution is 2.22. The third-order valence-corrected chi connectivity index (χ3v) is 4.60. The van der Waals surface area contributed by atoms with Gasteiger partial charge in [0, 0.05) is 30.4 Å². The predicted octanol–water partition coefficient (Wildman–Crippen LogP) is 3.30. The van der Waals surface area contributed by atoms with Crippen LogP contribution in [0.3, 0.4) is 0 Å². The van der Waals surface area contributed by atoms with Crippen LogP contribution >= 0.6 is 11.3 Å². The summed E-state index contributed by atoms with van der Waals surface area (Å²) in [4.78, 5) is 11.3. The van der Waals surface area contributed by atoms with Crippen molar-refractivity contribution in [3.05, 3.63) is 46.2 Å². The number of hydrogen-bond acceptors (Lipinski definition) is 4. The van der Waals surface area contributed by atoms with Crippen LogP contribution in [0.25, 0.3) is 0 Å². The van der Waals surface area contributed by atoms with Crippen molar-refractivity contribution in [3.63, 3.8) is 0 Å². The van der Waals surface area contributed by atoms with E-state index in [4.69, 9.17) is 0 Å². The molecule has 0 aromatic carbocycles. The first-order valence-corrected chi connectivity index (χ1v) is 8.25. The zero-order valence-corrected chi connectivity index (χ0v) is 12.8. The molecule has 0 unspecified atom stereocenters. The summed E-state index contributed by atoms with van der Waals surface area (Å²) in [6.45, 7) is 5.44. The lowest BCUT2D eigenvalue weighted by molar-refractivity contribution is 0.165. The number of pyridine rings is 1. The Hall–Kier alpha value is -1.26. The summed E-state index contributed by atoms with van der Waals surface area (Å²) >= 11 is 1.69. The molecule has 1 fully saturated rings. The van der Waals surface area contributed by atoms with Gasteiger partial charge < -0.3 is 0 Å². The van der Waals surface area contributed by atoms with Gasteiger partial charge in [-0.15, -0.1) is 11.3 Å². The summed E-state index contributed by atoms with van der Waals surface area (Å²) in [7, 11) is 0. The van der Waals surface area contributed by atoms with Gasteiger partial charge in [0.05, 0.1) is 11.2 Å². The molecule has 1 aliphatic heterocycles. The Kier molecular flexibility index (Phi) is 4.43. The van der Waals surface area contributed by atoms with Crippen LogP contribution in [0.1, 0.15) is 29.8 Å². The number of nitrogens with zero attached hydrogens (tertiary/aromatic N) is 3. The van der Waals surface area contributed by atoms with Crippen molar-refractivity contribution in [2.45, 2.75) is 32.7 Å². The van der Waals surface area contributed by atoms with Crippen molar-refractivity contribution in [3.8, 4) is 0 Å². The molecule has 1 atom stereocenters. The van der Waals surface area contributed by atoms with Gasteiger partial charge in [0.25, 0.3) is 0 Å². The molecule has 3 nitrogen and oxygen atoms in total. The van der Waals surface area contributed by atoms with E-state index in [0.29, 0.717) is 0 Å². The molecule has 0 saturated carbocycles. The van der Waals surface area contributed by atoms with E-state index >= 15 is 0 Å². The molecule has 3 rings (SSSR count). The maximum atomic E-state index is 4.40. The van der Waals surface area contributed by atoms with E-state index in [0.717, 1.165) is 24.6 Å². The zero-order chi connectivity index (χ0) is 13.8. The molecule has 0 aliphatic carbocycles. The molecule has 0 spiro atoms. The minimum Gasteiger partial charge on any atom is -0.297 e. The van der Waals surface area contributed by atoms with E-state index in [-0.39, 0.29) is 0 Å². The van der Waals surface area contributed by atoms with Crippen LogP contribution in [0.2, 0.25) is 0 Å². The molecule has 2 aromatic heterocycles. The molecule has 106 valence electrons. The molecule has 2 aromatic rings. The van der Waals surface area contributed by atoms with Gasteiger partial charge in [0.1, 0.15) is 0 Å². The minimum absolute atomic E-state index is 0.756. The third-order valence-electron chi connectivity index (χ3n) is 3.97. The largest absolute Gasteiger partial charge is 0.297 e. The van der Waals surface area contributed by atoms with Gasteiger partial charge in [-0.25, -0.2) is 4.98 Å². The zero-order valence-electron chi connectivity index (χ0n) is 12.0. The second-order valence-corrected chi connectivity index (χ2v) is 6.45. The molecular formula is C16H21N3S. The Morgan fingerprint density at radius 2 is 2.30 bits per heavy atom. The van der Waals surface area contributed by atoms with Crippen LogP contribution < -0.4 is 0 Å². The number of piperidine rings is 1. The number of thiazole rings is 1. The highest BCUT2D eigenvalue weighted by molar-refractivity contribution is 7.07. The Balaban J connectivity index is 1.56. The molecule has 20 heavy (non-hydrogen) atoms. The summed E-state index contributed by atoms with van der Waals surface area (Å²) in [6.07, 6.45) is 5.82. The van der Waals surface area contributed by atoms with E-state index in [1.54, 1.807) is 11.3 Å². The minimum atomic E-state index is 0.756. The summed E-state index contributed by atoms with van der Waals surface area (Å²) in [5.41, 5.74) is 5.61. The first kappa shape index (κ1) is 13.7. The van der Waals surface area contributed by atoms with Crippen molar-refractivity contribution in [2.24, 2.45) is 5.92 Å². The van der Waals surface area contributed by atoms with Crippen molar-refractivity contribution >= 4 is 11.3 Å². The van der Waals surface area contributed by atoms with Crippen LogP contribution in [0.4, 0.5) is 0 Å². The standard InChI is InChI=1S/C16H21N3S/c1-13-4-5-14(8-17-13)7-15-3-2-6-19(9-15)10-16-11-20-12-18-16/h4-5,8,11-12,15H,2-3,6-7,9-10H2,1H3/t15-/m1/s1. The lowest BCUT2D eigenvalue weighted by atomic mass is 9.92. The Bertz CT molecular complexity index is 521. The average Bonchev–Trinajstić information content (AvgIpc) is 2.95. The number of rotatable bonds is 4. The molecule has 0 amide bonds. The lowest BCUT2D eigenvalue weighted by Gasteiger charge is -2.32. The Morgan fingerprint density at radius 1 is 1.35 bits per heavy atom. The summed E-state index contributed by atoms with van der Waals surface area (Å²) in [6, 6.07) is 4.34. The molecule has 0 radical (unpaired) electrons. The van der Waals surface area contributed by atoms with Crippen LogP contribution in [0.15, 0.2) is 29.2 Å². The van der Waals surface area contributed by atoms with Gasteiger partial charge in [-0.05, 0) is 50.3 Å². The number of hydrogen-bond donors (Lipinski definition) is 0. The fraction of sp³-hybridized carbons (Fsp3) is 0.500. The molecule has 1 saturated heterocycles. The number of likely N-dealkylation sites (tertiary alicyclic amines) is 1. The van der Waals surface area contributed by atoms with Crippen molar-refractivity contribution in [1.82, 2.24) is 14.9 Å². The number of aromatic nitrogens is 2. The fourth-order valence-corrected chi connectivity index (χ4v) is 3.51. The van der Waals surface area contributed by atoms with Crippen LogP contribution in [-0.4, -0.2) is 28.0 Å². The van der Waals surface area contributed by atoms with Crippen LogP contribution in [0, 0.1) is 12.8 Å². The van der Waals surface area contributed by atoms with Gasteiger partial charge in [-0.3, -0.25) is 9.88 Å². The fourth-order valence-electron chi connectivity index (χ4n) is 2.96. The average molecular weight is 287 g/mol. The maximum Gasteiger partial charge on any atom is 0.0795 e. The van der Waals surface area contributed by atoms with Gasteiger partial charge in [-0.2, -0.15) is 0 Å². The first-order chi connectivity index (χ1) is 9.79. The Labute approximate surface area is 124 Å². The molecule has 0 bridgehead atoms. The van der Waals surface area contributed by atoms with Crippen molar-refractivity contribution < 1.29 is 0 Å². The Morgan fingerprint density at radius 3 is 3.05 bits per heavy atom. The molecule has 0 N–H and O–H groups in total. The van der Waals surface area contributed by atoms with E-state index in [9.17, 15) is 0 Å². The van der Waals surface area contributed by atoms with Crippen molar-refractivity contribution in [1.29, 1.82) is 0 Å². The quantitative estimate of drug-likeness (QED) is 0.864. The van der Waals surface area contributed by atoms with Gasteiger partial charge in [-0.1, -0.05) is 6.07 Å². The smallest absolute Gasteiger partial charge is 0.0795 e. The van der Waals surface area contributed by atoms with Gasteiger partial charge in [0.2, 0.25) is 0 Å². The monoisotopic (exact) mass is 287 g/mol. The second kappa shape index (κ2) is 6.46. The maximum absolute atomic E-state index is 4.40. The van der Waals surface area contributed by atoms with Gasteiger partial charge in [0.15, 0.2) is 0 Å². The first-order valence-electron chi connectivity index (χ1n) is 7.30. The normalized spacial score (nSPS) is 20.1. The van der Waals surface area contributed by atoms with Crippen molar-refractivity contribution in [2.75, 3.05) is 13.1 Å². The highest BCUT2D eigenvalue weighted by atomic mass is 32.1. The predicted molar refractivity (Wildman–Crippen MR) is 82.8 cm³/mol. The summed E-state index contributed by atoms with van der Waals surface area (Å²) in [5.74, 6) is 0.756. The van der Waals surface area contributed by atoms with E-state index in [1.807, 2.05) is 18.6 Å². The van der Waals surface area contributed by atoms with E-state index in [2.05, 4.69) is 32.4 Å². The molecule has 3 heterocycles. The molecule has 1 aliphatic rings. The van der Waals surface area contributed by atoms with Gasteiger partial charge >= 0.3 is 0 Å². The highest BCUT2D eigenvalue weighted by Gasteiger charge is 2.20. The van der Waals surface area contributed by atoms with E-state index < -0.39 is 0 Å². The topological polar surface area (TPSA) is 29.0 Å². The summed E-state index contributed by atoms with van der Waals surface area (Å²) < 4.78 is 0. The van der Waals surface area contributed by atoms with Crippen LogP contribution in [-0.2, 0) is 13.0 Å². The van der Waals surface area contributed by atoms with Crippen LogP contribution in [0.5, 0.6) is 0 Å². The third kappa shape index (κ3) is 3.64. The summed E-state index contributed by atoms with van der Waals surface area (Å²) in [5, 5.41) is 2.16. The lowest BCUT2D eigenvalue weighted by Crippen LogP contribution is -2.35. The number of aryl methyl sites for hydroxylation is 1.